The fraction of sp³-hybridized carbons (Fsp3) is 0.464. The van der Waals surface area contributed by atoms with Gasteiger partial charge in [0, 0.05) is 24.4 Å². The van der Waals surface area contributed by atoms with Crippen molar-refractivity contribution in [2.45, 2.75) is 77.3 Å². The van der Waals surface area contributed by atoms with E-state index >= 15 is 0 Å². The Labute approximate surface area is 212 Å². The molecule has 8 heteroatoms. The zero-order chi connectivity index (χ0) is 24.7. The molecule has 0 spiro atoms. The molecule has 0 radical (unpaired) electrons. The Hall–Kier alpha value is -3.39. The van der Waals surface area contributed by atoms with Crippen molar-refractivity contribution in [2.75, 3.05) is 0 Å². The number of hydrogen-bond acceptors (Lipinski definition) is 6. The van der Waals surface area contributed by atoms with Crippen LogP contribution in [0.1, 0.15) is 69.1 Å². The second-order valence-electron chi connectivity index (χ2n) is 10.0. The fourth-order valence-electron chi connectivity index (χ4n) is 5.16. The SMILES string of the molecule is CCCCc1nc(CCC2CCC(N)CC2)n(Cc2ccc(-c3ccccc3-c3nn[nH]n3)cc2)n1. The molecule has 0 bridgehead atoms. The molecular formula is C28H36N8. The van der Waals surface area contributed by atoms with Gasteiger partial charge < -0.3 is 5.73 Å². The molecule has 4 aromatic rings. The summed E-state index contributed by atoms with van der Waals surface area (Å²) in [7, 11) is 0. The van der Waals surface area contributed by atoms with Crippen molar-refractivity contribution >= 4 is 0 Å². The molecule has 1 aliphatic carbocycles. The summed E-state index contributed by atoms with van der Waals surface area (Å²) in [5.74, 6) is 3.44. The van der Waals surface area contributed by atoms with E-state index in [4.69, 9.17) is 15.8 Å². The number of H-pyrrole nitrogens is 1. The van der Waals surface area contributed by atoms with Crippen LogP contribution < -0.4 is 5.73 Å². The highest BCUT2D eigenvalue weighted by atomic mass is 15.5. The predicted molar refractivity (Wildman–Crippen MR) is 141 cm³/mol. The fourth-order valence-corrected chi connectivity index (χ4v) is 5.16. The van der Waals surface area contributed by atoms with Crippen molar-refractivity contribution in [3.8, 4) is 22.5 Å². The largest absolute Gasteiger partial charge is 0.328 e. The minimum atomic E-state index is 0.396. The van der Waals surface area contributed by atoms with Crippen molar-refractivity contribution in [1.29, 1.82) is 0 Å². The van der Waals surface area contributed by atoms with Gasteiger partial charge in [-0.25, -0.2) is 9.67 Å². The summed E-state index contributed by atoms with van der Waals surface area (Å²) >= 11 is 0. The van der Waals surface area contributed by atoms with Crippen LogP contribution in [0.4, 0.5) is 0 Å². The molecule has 1 fully saturated rings. The topological polar surface area (TPSA) is 111 Å². The summed E-state index contributed by atoms with van der Waals surface area (Å²) in [6.45, 7) is 2.95. The van der Waals surface area contributed by atoms with E-state index in [0.29, 0.717) is 11.9 Å². The second-order valence-corrected chi connectivity index (χ2v) is 10.0. The van der Waals surface area contributed by atoms with Crippen molar-refractivity contribution in [2.24, 2.45) is 11.7 Å². The van der Waals surface area contributed by atoms with Crippen LogP contribution in [0.3, 0.4) is 0 Å². The lowest BCUT2D eigenvalue weighted by Gasteiger charge is -2.25. The Kier molecular flexibility index (Phi) is 7.81. The molecule has 188 valence electrons. The van der Waals surface area contributed by atoms with Crippen LogP contribution in [0.2, 0.25) is 0 Å². The minimum absolute atomic E-state index is 0.396. The van der Waals surface area contributed by atoms with Crippen LogP contribution in [0.15, 0.2) is 48.5 Å². The lowest BCUT2D eigenvalue weighted by Crippen LogP contribution is -2.26. The molecule has 3 N–H and O–H groups in total. The molecule has 2 heterocycles. The molecule has 0 unspecified atom stereocenters. The standard InChI is InChI=1S/C28H36N8/c1-2-3-8-26-30-27(18-13-20-11-16-23(29)17-12-20)36(33-26)19-21-9-14-22(15-10-21)24-6-4-5-7-25(24)28-31-34-35-32-28/h4-7,9-10,14-15,20,23H,2-3,8,11-13,16-19,29H2,1H3,(H,31,32,34,35). The number of nitrogens with zero attached hydrogens (tertiary/aromatic N) is 6. The van der Waals surface area contributed by atoms with Gasteiger partial charge in [0.25, 0.3) is 0 Å². The number of unbranched alkanes of at least 4 members (excludes halogenated alkanes) is 1. The van der Waals surface area contributed by atoms with Crippen LogP contribution >= 0.6 is 0 Å². The summed E-state index contributed by atoms with van der Waals surface area (Å²) in [5.41, 5.74) is 10.5. The third kappa shape index (κ3) is 5.87. The normalized spacial score (nSPS) is 17.9. The van der Waals surface area contributed by atoms with E-state index in [1.165, 1.54) is 24.8 Å². The number of tetrazole rings is 1. The highest BCUT2D eigenvalue weighted by Gasteiger charge is 2.20. The van der Waals surface area contributed by atoms with Gasteiger partial charge in [0.05, 0.1) is 6.54 Å². The number of nitrogens with two attached hydrogens (primary N) is 1. The van der Waals surface area contributed by atoms with Gasteiger partial charge in [-0.3, -0.25) is 0 Å². The summed E-state index contributed by atoms with van der Waals surface area (Å²) in [4.78, 5) is 4.95. The lowest BCUT2D eigenvalue weighted by molar-refractivity contribution is 0.308. The van der Waals surface area contributed by atoms with Crippen LogP contribution in [0.25, 0.3) is 22.5 Å². The van der Waals surface area contributed by atoms with Crippen molar-refractivity contribution < 1.29 is 0 Å². The Morgan fingerprint density at radius 3 is 2.47 bits per heavy atom. The zero-order valence-electron chi connectivity index (χ0n) is 21.1. The Bertz CT molecular complexity index is 1220. The molecule has 0 atom stereocenters. The molecule has 0 aliphatic heterocycles. The van der Waals surface area contributed by atoms with Gasteiger partial charge in [-0.1, -0.05) is 61.9 Å². The number of rotatable bonds is 10. The maximum absolute atomic E-state index is 6.11. The first kappa shape index (κ1) is 24.3. The van der Waals surface area contributed by atoms with Gasteiger partial charge in [-0.15, -0.1) is 10.2 Å². The average molecular weight is 485 g/mol. The smallest absolute Gasteiger partial charge is 0.205 e. The molecule has 1 aliphatic rings. The number of aromatic amines is 1. The van der Waals surface area contributed by atoms with Crippen molar-refractivity contribution in [3.05, 3.63) is 65.7 Å². The molecule has 8 nitrogen and oxygen atoms in total. The maximum atomic E-state index is 6.11. The summed E-state index contributed by atoms with van der Waals surface area (Å²) < 4.78 is 2.13. The minimum Gasteiger partial charge on any atom is -0.328 e. The van der Waals surface area contributed by atoms with Crippen LogP contribution in [-0.4, -0.2) is 41.4 Å². The van der Waals surface area contributed by atoms with Crippen LogP contribution in [0.5, 0.6) is 0 Å². The molecule has 2 aromatic heterocycles. The van der Waals surface area contributed by atoms with Crippen molar-refractivity contribution in [1.82, 2.24) is 35.4 Å². The highest BCUT2D eigenvalue weighted by molar-refractivity contribution is 5.80. The number of nitrogens with one attached hydrogen (secondary N) is 1. The molecule has 2 aromatic carbocycles. The quantitative estimate of drug-likeness (QED) is 0.329. The van der Waals surface area contributed by atoms with E-state index in [2.05, 4.69) is 62.6 Å². The third-order valence-corrected chi connectivity index (χ3v) is 7.32. The van der Waals surface area contributed by atoms with E-state index in [1.807, 2.05) is 18.2 Å². The average Bonchev–Trinajstić information content (AvgIpc) is 3.58. The van der Waals surface area contributed by atoms with E-state index in [-0.39, 0.29) is 0 Å². The summed E-state index contributed by atoms with van der Waals surface area (Å²) in [6.07, 6.45) is 10.2. The Balaban J connectivity index is 1.31. The maximum Gasteiger partial charge on any atom is 0.205 e. The Morgan fingerprint density at radius 2 is 1.75 bits per heavy atom. The van der Waals surface area contributed by atoms with Gasteiger partial charge in [-0.2, -0.15) is 10.3 Å². The van der Waals surface area contributed by atoms with Gasteiger partial charge >= 0.3 is 0 Å². The van der Waals surface area contributed by atoms with Gasteiger partial charge in [0.2, 0.25) is 5.82 Å². The molecule has 0 saturated heterocycles. The Morgan fingerprint density at radius 1 is 0.972 bits per heavy atom. The number of aromatic nitrogens is 7. The first-order valence-electron chi connectivity index (χ1n) is 13.3. The summed E-state index contributed by atoms with van der Waals surface area (Å²) in [6, 6.07) is 17.2. The zero-order valence-corrected chi connectivity index (χ0v) is 21.1. The number of benzene rings is 2. The van der Waals surface area contributed by atoms with E-state index < -0.39 is 0 Å². The molecule has 36 heavy (non-hydrogen) atoms. The van der Waals surface area contributed by atoms with Gasteiger partial charge in [0.1, 0.15) is 5.82 Å². The molecule has 1 saturated carbocycles. The van der Waals surface area contributed by atoms with E-state index in [1.54, 1.807) is 0 Å². The summed E-state index contributed by atoms with van der Waals surface area (Å²) in [5, 5.41) is 19.5. The molecule has 0 amide bonds. The number of hydrogen-bond donors (Lipinski definition) is 2. The third-order valence-electron chi connectivity index (χ3n) is 7.32. The van der Waals surface area contributed by atoms with Gasteiger partial charge in [0.15, 0.2) is 5.82 Å². The first-order chi connectivity index (χ1) is 17.7. The number of aryl methyl sites for hydroxylation is 2. The second kappa shape index (κ2) is 11.6. The van der Waals surface area contributed by atoms with Crippen LogP contribution in [0, 0.1) is 5.92 Å². The first-order valence-corrected chi connectivity index (χ1v) is 13.3. The molecular weight excluding hydrogens is 448 g/mol. The van der Waals surface area contributed by atoms with Gasteiger partial charge in [-0.05, 0) is 66.3 Å². The van der Waals surface area contributed by atoms with E-state index in [0.717, 1.165) is 79.3 Å². The predicted octanol–water partition coefficient (Wildman–Crippen LogP) is 4.97. The van der Waals surface area contributed by atoms with Crippen molar-refractivity contribution in [3.63, 3.8) is 0 Å². The molecule has 5 rings (SSSR count). The lowest BCUT2D eigenvalue weighted by atomic mass is 9.84. The monoisotopic (exact) mass is 484 g/mol. The van der Waals surface area contributed by atoms with E-state index in [9.17, 15) is 0 Å². The van der Waals surface area contributed by atoms with Crippen LogP contribution in [-0.2, 0) is 19.4 Å². The highest BCUT2D eigenvalue weighted by Crippen LogP contribution is 2.30.